The minimum absolute atomic E-state index is 0.175. The summed E-state index contributed by atoms with van der Waals surface area (Å²) < 4.78 is 24.6. The van der Waals surface area contributed by atoms with E-state index in [0.29, 0.717) is 6.54 Å². The number of carbonyl (C=O) groups is 3. The topological polar surface area (TPSA) is 116 Å². The van der Waals surface area contributed by atoms with E-state index < -0.39 is 27.4 Å². The molecule has 1 saturated heterocycles. The zero-order chi connectivity index (χ0) is 20.2. The highest BCUT2D eigenvalue weighted by Crippen LogP contribution is 2.22. The van der Waals surface area contributed by atoms with Crippen LogP contribution in [0, 0.1) is 0 Å². The average molecular weight is 396 g/mol. The molecule has 1 unspecified atom stereocenters. The van der Waals surface area contributed by atoms with Gasteiger partial charge in [-0.1, -0.05) is 30.3 Å². The molecule has 0 aliphatic carbocycles. The number of rotatable bonds is 6. The standard InChI is InChI=1S/C17H24N4O5S/c1-17(12-21(27(3,25)26)11-15(23)20(17)2)16(24)19-10-14(22)18-9-13-7-5-4-6-8-13/h4-8H,9-12H2,1-3H3,(H,18,22)(H,19,24). The highest BCUT2D eigenvalue weighted by molar-refractivity contribution is 7.88. The number of piperazine rings is 1. The van der Waals surface area contributed by atoms with Crippen LogP contribution in [-0.2, 0) is 31.0 Å². The van der Waals surface area contributed by atoms with Gasteiger partial charge in [-0.3, -0.25) is 14.4 Å². The lowest BCUT2D eigenvalue weighted by Gasteiger charge is -2.44. The Morgan fingerprint density at radius 3 is 2.41 bits per heavy atom. The molecule has 0 spiro atoms. The van der Waals surface area contributed by atoms with E-state index in [-0.39, 0.29) is 25.5 Å². The zero-order valence-electron chi connectivity index (χ0n) is 15.6. The molecular formula is C17H24N4O5S. The summed E-state index contributed by atoms with van der Waals surface area (Å²) in [6, 6.07) is 9.31. The summed E-state index contributed by atoms with van der Waals surface area (Å²) in [5.41, 5.74) is -0.483. The fourth-order valence-corrected chi connectivity index (χ4v) is 3.54. The maximum atomic E-state index is 12.6. The van der Waals surface area contributed by atoms with Crippen LogP contribution >= 0.6 is 0 Å². The Labute approximate surface area is 158 Å². The first-order valence-electron chi connectivity index (χ1n) is 8.35. The lowest BCUT2D eigenvalue weighted by molar-refractivity contribution is -0.150. The second-order valence-corrected chi connectivity index (χ2v) is 8.69. The van der Waals surface area contributed by atoms with Gasteiger partial charge in [0.25, 0.3) is 0 Å². The minimum Gasteiger partial charge on any atom is -0.350 e. The summed E-state index contributed by atoms with van der Waals surface area (Å²) in [5.74, 6) is -1.47. The van der Waals surface area contributed by atoms with E-state index in [9.17, 15) is 22.8 Å². The fraction of sp³-hybridized carbons (Fsp3) is 0.471. The molecule has 1 heterocycles. The quantitative estimate of drug-likeness (QED) is 0.634. The number of nitrogens with zero attached hydrogens (tertiary/aromatic N) is 2. The molecule has 1 aliphatic heterocycles. The Morgan fingerprint density at radius 1 is 1.19 bits per heavy atom. The van der Waals surface area contributed by atoms with Crippen molar-refractivity contribution >= 4 is 27.7 Å². The summed E-state index contributed by atoms with van der Waals surface area (Å²) in [7, 11) is -2.19. The first-order chi connectivity index (χ1) is 12.5. The largest absolute Gasteiger partial charge is 0.350 e. The van der Waals surface area contributed by atoms with E-state index in [1.54, 1.807) is 0 Å². The Hall–Kier alpha value is -2.46. The van der Waals surface area contributed by atoms with Crippen LogP contribution in [0.2, 0.25) is 0 Å². The number of nitrogens with one attached hydrogen (secondary N) is 2. The molecule has 148 valence electrons. The van der Waals surface area contributed by atoms with Gasteiger partial charge >= 0.3 is 0 Å². The van der Waals surface area contributed by atoms with Crippen molar-refractivity contribution in [3.8, 4) is 0 Å². The molecule has 10 heteroatoms. The van der Waals surface area contributed by atoms with Crippen LogP contribution < -0.4 is 10.6 Å². The third-order valence-corrected chi connectivity index (χ3v) is 5.81. The number of carbonyl (C=O) groups excluding carboxylic acids is 3. The summed E-state index contributed by atoms with van der Waals surface area (Å²) in [6.07, 6.45) is 0.987. The molecule has 1 aromatic carbocycles. The molecule has 1 fully saturated rings. The molecule has 2 rings (SSSR count). The maximum Gasteiger partial charge on any atom is 0.247 e. The van der Waals surface area contributed by atoms with Gasteiger partial charge in [-0.2, -0.15) is 4.31 Å². The van der Waals surface area contributed by atoms with Crippen LogP contribution in [0.25, 0.3) is 0 Å². The molecule has 0 radical (unpaired) electrons. The van der Waals surface area contributed by atoms with Crippen molar-refractivity contribution in [2.75, 3.05) is 32.9 Å². The van der Waals surface area contributed by atoms with Gasteiger partial charge in [0.15, 0.2) is 0 Å². The van der Waals surface area contributed by atoms with Gasteiger partial charge in [-0.15, -0.1) is 0 Å². The highest BCUT2D eigenvalue weighted by atomic mass is 32.2. The van der Waals surface area contributed by atoms with Crippen molar-refractivity contribution in [2.45, 2.75) is 19.0 Å². The van der Waals surface area contributed by atoms with E-state index in [1.807, 2.05) is 30.3 Å². The number of hydrogen-bond acceptors (Lipinski definition) is 5. The third kappa shape index (κ3) is 5.04. The van der Waals surface area contributed by atoms with Gasteiger partial charge in [0.05, 0.1) is 19.3 Å². The molecule has 0 bridgehead atoms. The number of hydrogen-bond donors (Lipinski definition) is 2. The zero-order valence-corrected chi connectivity index (χ0v) is 16.4. The molecule has 27 heavy (non-hydrogen) atoms. The summed E-state index contributed by atoms with van der Waals surface area (Å²) in [5, 5.41) is 5.17. The van der Waals surface area contributed by atoms with Crippen molar-refractivity contribution in [1.82, 2.24) is 19.8 Å². The number of sulfonamides is 1. The molecule has 2 N–H and O–H groups in total. The number of amides is 3. The second-order valence-electron chi connectivity index (χ2n) is 6.70. The van der Waals surface area contributed by atoms with Gasteiger partial charge < -0.3 is 15.5 Å². The first kappa shape index (κ1) is 20.8. The number of benzene rings is 1. The van der Waals surface area contributed by atoms with Crippen molar-refractivity contribution < 1.29 is 22.8 Å². The highest BCUT2D eigenvalue weighted by Gasteiger charge is 2.47. The van der Waals surface area contributed by atoms with Crippen molar-refractivity contribution in [2.24, 2.45) is 0 Å². The van der Waals surface area contributed by atoms with E-state index in [1.165, 1.54) is 18.9 Å². The van der Waals surface area contributed by atoms with Crippen molar-refractivity contribution in [3.63, 3.8) is 0 Å². The normalized spacial score (nSPS) is 21.0. The summed E-state index contributed by atoms with van der Waals surface area (Å²) in [6.45, 7) is 1.04. The van der Waals surface area contributed by atoms with Crippen LogP contribution in [0.1, 0.15) is 12.5 Å². The van der Waals surface area contributed by atoms with Crippen molar-refractivity contribution in [1.29, 1.82) is 0 Å². The molecular weight excluding hydrogens is 372 g/mol. The van der Waals surface area contributed by atoms with E-state index in [2.05, 4.69) is 10.6 Å². The minimum atomic E-state index is -3.63. The van der Waals surface area contributed by atoms with Gasteiger partial charge in [-0.25, -0.2) is 8.42 Å². The average Bonchev–Trinajstić information content (AvgIpc) is 2.62. The number of likely N-dealkylation sites (N-methyl/N-ethyl adjacent to an activating group) is 1. The molecule has 1 aromatic rings. The molecule has 1 aliphatic rings. The van der Waals surface area contributed by atoms with E-state index in [0.717, 1.165) is 16.1 Å². The van der Waals surface area contributed by atoms with E-state index >= 15 is 0 Å². The maximum absolute atomic E-state index is 12.6. The Morgan fingerprint density at radius 2 is 1.81 bits per heavy atom. The Bertz CT molecular complexity index is 827. The predicted octanol–water partition coefficient (Wildman–Crippen LogP) is -1.09. The van der Waals surface area contributed by atoms with Crippen molar-refractivity contribution in [3.05, 3.63) is 35.9 Å². The molecule has 3 amide bonds. The van der Waals surface area contributed by atoms with Gasteiger partial charge in [0.2, 0.25) is 27.7 Å². The molecule has 1 atom stereocenters. The summed E-state index contributed by atoms with van der Waals surface area (Å²) in [4.78, 5) is 37.9. The monoisotopic (exact) mass is 396 g/mol. The molecule has 0 saturated carbocycles. The fourth-order valence-electron chi connectivity index (χ4n) is 2.71. The van der Waals surface area contributed by atoms with Gasteiger partial charge in [0, 0.05) is 20.1 Å². The van der Waals surface area contributed by atoms with Crippen LogP contribution in [0.5, 0.6) is 0 Å². The predicted molar refractivity (Wildman–Crippen MR) is 98.9 cm³/mol. The van der Waals surface area contributed by atoms with Gasteiger partial charge in [-0.05, 0) is 12.5 Å². The second kappa shape index (κ2) is 8.05. The smallest absolute Gasteiger partial charge is 0.247 e. The third-order valence-electron chi connectivity index (χ3n) is 4.61. The van der Waals surface area contributed by atoms with Crippen LogP contribution in [0.3, 0.4) is 0 Å². The first-order valence-corrected chi connectivity index (χ1v) is 10.2. The van der Waals surface area contributed by atoms with Crippen LogP contribution in [-0.4, -0.2) is 73.8 Å². The van der Waals surface area contributed by atoms with E-state index in [4.69, 9.17) is 0 Å². The lowest BCUT2D eigenvalue weighted by Crippen LogP contribution is -2.68. The van der Waals surface area contributed by atoms with Gasteiger partial charge in [0.1, 0.15) is 5.54 Å². The summed E-state index contributed by atoms with van der Waals surface area (Å²) >= 11 is 0. The molecule has 0 aromatic heterocycles. The van der Waals surface area contributed by atoms with Crippen LogP contribution in [0.4, 0.5) is 0 Å². The SMILES string of the molecule is CN1C(=O)CN(S(C)(=O)=O)CC1(C)C(=O)NCC(=O)NCc1ccccc1. The van der Waals surface area contributed by atoms with Crippen LogP contribution in [0.15, 0.2) is 30.3 Å². The molecule has 9 nitrogen and oxygen atoms in total. The lowest BCUT2D eigenvalue weighted by atomic mass is 9.96. The Kier molecular flexibility index (Phi) is 6.22. The Balaban J connectivity index is 1.96.